The molecule has 130 valence electrons. The van der Waals surface area contributed by atoms with E-state index in [1.54, 1.807) is 18.2 Å². The summed E-state index contributed by atoms with van der Waals surface area (Å²) >= 11 is 0. The fraction of sp³-hybridized carbons (Fsp3) is 0.167. The van der Waals surface area contributed by atoms with Crippen molar-refractivity contribution in [3.8, 4) is 5.69 Å². The number of rotatable bonds is 5. The minimum Gasteiger partial charge on any atom is -0.310 e. The summed E-state index contributed by atoms with van der Waals surface area (Å²) in [6, 6.07) is 15.0. The number of hydrogen-bond donors (Lipinski definition) is 1. The van der Waals surface area contributed by atoms with Crippen molar-refractivity contribution in [3.63, 3.8) is 0 Å². The van der Waals surface area contributed by atoms with E-state index in [2.05, 4.69) is 32.7 Å². The van der Waals surface area contributed by atoms with Gasteiger partial charge in [0.15, 0.2) is 0 Å². The maximum atomic E-state index is 12.7. The molecule has 2 heterocycles. The highest BCUT2D eigenvalue weighted by atomic mass is 16.1. The molecule has 0 saturated carbocycles. The Kier molecular flexibility index (Phi) is 4.14. The molecule has 26 heavy (non-hydrogen) atoms. The molecule has 0 spiro atoms. The molecule has 1 N–H and O–H groups in total. The maximum Gasteiger partial charge on any atom is 0.258 e. The number of tetrazole rings is 1. The number of nitrogens with zero attached hydrogens (tertiary/aromatic N) is 6. The number of amides is 1. The number of benzene rings is 2. The van der Waals surface area contributed by atoms with Gasteiger partial charge in [0.2, 0.25) is 5.95 Å². The Morgan fingerprint density at radius 2 is 2.04 bits per heavy atom. The zero-order chi connectivity index (χ0) is 17.9. The summed E-state index contributed by atoms with van der Waals surface area (Å²) in [5.41, 5.74) is 3.09. The van der Waals surface area contributed by atoms with Gasteiger partial charge in [0, 0.05) is 12.1 Å². The number of aryl methyl sites for hydroxylation is 1. The number of aromatic nitrogens is 6. The first kappa shape index (κ1) is 15.9. The average molecular weight is 347 g/mol. The Morgan fingerprint density at radius 3 is 2.85 bits per heavy atom. The Bertz CT molecular complexity index is 1050. The second kappa shape index (κ2) is 6.75. The topological polar surface area (TPSA) is 90.5 Å². The van der Waals surface area contributed by atoms with Crippen molar-refractivity contribution >= 4 is 22.9 Å². The van der Waals surface area contributed by atoms with Gasteiger partial charge in [-0.15, -0.1) is 5.10 Å². The van der Waals surface area contributed by atoms with Gasteiger partial charge in [-0.05, 0) is 47.2 Å². The molecule has 4 aromatic rings. The number of imidazole rings is 1. The molecule has 0 aliphatic carbocycles. The molecule has 2 aromatic carbocycles. The number of para-hydroxylation sites is 2. The Hall–Kier alpha value is -3.55. The van der Waals surface area contributed by atoms with Crippen LogP contribution in [0.5, 0.6) is 0 Å². The molecule has 0 fully saturated rings. The third kappa shape index (κ3) is 2.92. The standard InChI is InChI=1S/C18H17N7O/c1-2-10-24-16-9-4-3-8-15(16)20-18(24)21-17(26)13-6-5-7-14(11-13)25-12-19-22-23-25/h3-9,11-12H,2,10H2,1H3,(H,20,21,26). The van der Waals surface area contributed by atoms with Gasteiger partial charge in [-0.2, -0.15) is 0 Å². The highest BCUT2D eigenvalue weighted by Crippen LogP contribution is 2.21. The smallest absolute Gasteiger partial charge is 0.258 e. The van der Waals surface area contributed by atoms with Crippen molar-refractivity contribution in [3.05, 3.63) is 60.4 Å². The van der Waals surface area contributed by atoms with E-state index in [-0.39, 0.29) is 5.91 Å². The number of carbonyl (C=O) groups is 1. The van der Waals surface area contributed by atoms with Crippen molar-refractivity contribution in [2.45, 2.75) is 19.9 Å². The lowest BCUT2D eigenvalue weighted by molar-refractivity contribution is 0.102. The van der Waals surface area contributed by atoms with E-state index in [4.69, 9.17) is 0 Å². The van der Waals surface area contributed by atoms with E-state index in [9.17, 15) is 4.79 Å². The quantitative estimate of drug-likeness (QED) is 0.599. The van der Waals surface area contributed by atoms with Crippen LogP contribution in [0.4, 0.5) is 5.95 Å². The second-order valence-electron chi connectivity index (χ2n) is 5.83. The molecule has 0 atom stereocenters. The van der Waals surface area contributed by atoms with Crippen molar-refractivity contribution in [1.29, 1.82) is 0 Å². The van der Waals surface area contributed by atoms with Crippen LogP contribution in [0, 0.1) is 0 Å². The lowest BCUT2D eigenvalue weighted by Gasteiger charge is -2.09. The Morgan fingerprint density at radius 1 is 1.15 bits per heavy atom. The highest BCUT2D eigenvalue weighted by molar-refractivity contribution is 6.04. The van der Waals surface area contributed by atoms with Crippen LogP contribution in [0.25, 0.3) is 16.7 Å². The van der Waals surface area contributed by atoms with E-state index in [0.29, 0.717) is 17.2 Å². The zero-order valence-corrected chi connectivity index (χ0v) is 14.2. The number of hydrogen-bond acceptors (Lipinski definition) is 5. The molecular formula is C18H17N7O. The average Bonchev–Trinajstić information content (AvgIpc) is 3.31. The van der Waals surface area contributed by atoms with Crippen LogP contribution < -0.4 is 5.32 Å². The van der Waals surface area contributed by atoms with Gasteiger partial charge < -0.3 is 4.57 Å². The summed E-state index contributed by atoms with van der Waals surface area (Å²) in [5.74, 6) is 0.318. The highest BCUT2D eigenvalue weighted by Gasteiger charge is 2.14. The molecule has 0 unspecified atom stereocenters. The minimum absolute atomic E-state index is 0.229. The Balaban J connectivity index is 1.65. The molecule has 8 heteroatoms. The molecule has 0 radical (unpaired) electrons. The predicted octanol–water partition coefficient (Wildman–Crippen LogP) is 2.67. The summed E-state index contributed by atoms with van der Waals surface area (Å²) in [5, 5.41) is 14.0. The number of nitrogens with one attached hydrogen (secondary N) is 1. The van der Waals surface area contributed by atoms with Gasteiger partial charge in [-0.1, -0.05) is 25.1 Å². The third-order valence-electron chi connectivity index (χ3n) is 4.05. The monoisotopic (exact) mass is 347 g/mol. The van der Waals surface area contributed by atoms with Crippen molar-refractivity contribution in [1.82, 2.24) is 29.8 Å². The van der Waals surface area contributed by atoms with Crippen LogP contribution in [-0.4, -0.2) is 35.7 Å². The lowest BCUT2D eigenvalue weighted by atomic mass is 10.2. The summed E-state index contributed by atoms with van der Waals surface area (Å²) in [6.45, 7) is 2.87. The van der Waals surface area contributed by atoms with Gasteiger partial charge in [0.1, 0.15) is 6.33 Å². The SMILES string of the molecule is CCCn1c(NC(=O)c2cccc(-n3cnnn3)c2)nc2ccccc21. The molecule has 1 amide bonds. The molecule has 0 aliphatic rings. The normalized spacial score (nSPS) is 11.0. The maximum absolute atomic E-state index is 12.7. The van der Waals surface area contributed by atoms with Crippen LogP contribution in [0.2, 0.25) is 0 Å². The van der Waals surface area contributed by atoms with E-state index in [1.165, 1.54) is 11.0 Å². The van der Waals surface area contributed by atoms with Crippen LogP contribution in [0.3, 0.4) is 0 Å². The molecule has 0 bridgehead atoms. The van der Waals surface area contributed by atoms with Gasteiger partial charge in [-0.3, -0.25) is 10.1 Å². The molecule has 4 rings (SSSR count). The van der Waals surface area contributed by atoms with E-state index in [1.807, 2.05) is 34.9 Å². The summed E-state index contributed by atoms with van der Waals surface area (Å²) in [6.07, 6.45) is 2.43. The van der Waals surface area contributed by atoms with Gasteiger partial charge in [-0.25, -0.2) is 9.67 Å². The largest absolute Gasteiger partial charge is 0.310 e. The number of anilines is 1. The molecular weight excluding hydrogens is 330 g/mol. The first-order chi connectivity index (χ1) is 12.8. The summed E-state index contributed by atoms with van der Waals surface area (Å²) in [7, 11) is 0. The summed E-state index contributed by atoms with van der Waals surface area (Å²) < 4.78 is 3.53. The fourth-order valence-corrected chi connectivity index (χ4v) is 2.86. The van der Waals surface area contributed by atoms with Crippen LogP contribution in [0.1, 0.15) is 23.7 Å². The molecule has 8 nitrogen and oxygen atoms in total. The second-order valence-corrected chi connectivity index (χ2v) is 5.83. The summed E-state index contributed by atoms with van der Waals surface area (Å²) in [4.78, 5) is 17.3. The molecule has 0 saturated heterocycles. The number of carbonyl (C=O) groups excluding carboxylic acids is 1. The van der Waals surface area contributed by atoms with Crippen molar-refractivity contribution in [2.75, 3.05) is 5.32 Å². The van der Waals surface area contributed by atoms with Crippen LogP contribution in [-0.2, 0) is 6.54 Å². The van der Waals surface area contributed by atoms with E-state index >= 15 is 0 Å². The zero-order valence-electron chi connectivity index (χ0n) is 14.2. The number of fused-ring (bicyclic) bond motifs is 1. The Labute approximate surface area is 149 Å². The van der Waals surface area contributed by atoms with Gasteiger partial charge in [0.25, 0.3) is 5.91 Å². The predicted molar refractivity (Wildman–Crippen MR) is 97.1 cm³/mol. The molecule has 0 aliphatic heterocycles. The third-order valence-corrected chi connectivity index (χ3v) is 4.05. The van der Waals surface area contributed by atoms with Crippen molar-refractivity contribution < 1.29 is 4.79 Å². The minimum atomic E-state index is -0.229. The van der Waals surface area contributed by atoms with Gasteiger partial charge in [0.05, 0.1) is 16.7 Å². The lowest BCUT2D eigenvalue weighted by Crippen LogP contribution is -2.16. The van der Waals surface area contributed by atoms with Crippen LogP contribution >= 0.6 is 0 Å². The molecule has 2 aromatic heterocycles. The van der Waals surface area contributed by atoms with Crippen molar-refractivity contribution in [2.24, 2.45) is 0 Å². The van der Waals surface area contributed by atoms with E-state index in [0.717, 1.165) is 24.0 Å². The fourth-order valence-electron chi connectivity index (χ4n) is 2.86. The van der Waals surface area contributed by atoms with E-state index < -0.39 is 0 Å². The first-order valence-electron chi connectivity index (χ1n) is 8.36. The van der Waals surface area contributed by atoms with Crippen LogP contribution in [0.15, 0.2) is 54.9 Å². The first-order valence-corrected chi connectivity index (χ1v) is 8.36. The van der Waals surface area contributed by atoms with Gasteiger partial charge >= 0.3 is 0 Å².